The molecule has 0 amide bonds. The SMILES string of the molecule is CN=C(NCc1nc(C)no1)N1CCc2ccccc2C1. The molecule has 0 bridgehead atoms. The molecule has 2 aromatic rings. The fraction of sp³-hybridized carbons (Fsp3) is 0.400. The highest BCUT2D eigenvalue weighted by atomic mass is 16.5. The summed E-state index contributed by atoms with van der Waals surface area (Å²) >= 11 is 0. The van der Waals surface area contributed by atoms with Gasteiger partial charge in [0.15, 0.2) is 11.8 Å². The Balaban J connectivity index is 1.65. The molecular formula is C15H19N5O. The molecule has 6 nitrogen and oxygen atoms in total. The summed E-state index contributed by atoms with van der Waals surface area (Å²) in [6.45, 7) is 4.13. The van der Waals surface area contributed by atoms with Gasteiger partial charge in [0, 0.05) is 20.1 Å². The van der Waals surface area contributed by atoms with Gasteiger partial charge in [0.1, 0.15) is 0 Å². The molecular weight excluding hydrogens is 266 g/mol. The van der Waals surface area contributed by atoms with Gasteiger partial charge in [-0.15, -0.1) is 0 Å². The average Bonchev–Trinajstić information content (AvgIpc) is 2.93. The van der Waals surface area contributed by atoms with Crippen LogP contribution in [0.15, 0.2) is 33.8 Å². The normalized spacial score (nSPS) is 15.0. The highest BCUT2D eigenvalue weighted by Crippen LogP contribution is 2.18. The van der Waals surface area contributed by atoms with Crippen molar-refractivity contribution in [3.05, 3.63) is 47.1 Å². The van der Waals surface area contributed by atoms with E-state index in [0.717, 1.165) is 25.5 Å². The zero-order chi connectivity index (χ0) is 14.7. The zero-order valence-electron chi connectivity index (χ0n) is 12.3. The molecule has 1 aliphatic rings. The summed E-state index contributed by atoms with van der Waals surface area (Å²) in [5, 5.41) is 7.06. The van der Waals surface area contributed by atoms with Crippen LogP contribution in [0.1, 0.15) is 22.8 Å². The molecule has 0 fully saturated rings. The first-order valence-corrected chi connectivity index (χ1v) is 7.08. The van der Waals surface area contributed by atoms with Crippen LogP contribution in [0, 0.1) is 6.92 Å². The standard InChI is InChI=1S/C15H19N5O/c1-11-18-14(21-19-11)9-17-15(16-2)20-8-7-12-5-3-4-6-13(12)10-20/h3-6H,7-10H2,1-2H3,(H,16,17). The first-order valence-electron chi connectivity index (χ1n) is 7.08. The molecule has 0 saturated heterocycles. The number of nitrogens with zero attached hydrogens (tertiary/aromatic N) is 4. The average molecular weight is 285 g/mol. The predicted octanol–water partition coefficient (Wildman–Crippen LogP) is 1.51. The minimum Gasteiger partial charge on any atom is -0.347 e. The summed E-state index contributed by atoms with van der Waals surface area (Å²) in [6, 6.07) is 8.55. The fourth-order valence-electron chi connectivity index (χ4n) is 2.58. The summed E-state index contributed by atoms with van der Waals surface area (Å²) in [4.78, 5) is 10.8. The minimum absolute atomic E-state index is 0.492. The number of fused-ring (bicyclic) bond motifs is 1. The van der Waals surface area contributed by atoms with Crippen LogP contribution in [0.4, 0.5) is 0 Å². The van der Waals surface area contributed by atoms with E-state index in [1.165, 1.54) is 11.1 Å². The van der Waals surface area contributed by atoms with Gasteiger partial charge in [-0.3, -0.25) is 4.99 Å². The zero-order valence-corrected chi connectivity index (χ0v) is 12.3. The molecule has 0 saturated carbocycles. The Morgan fingerprint density at radius 1 is 1.38 bits per heavy atom. The number of guanidine groups is 1. The van der Waals surface area contributed by atoms with Crippen LogP contribution in [0.2, 0.25) is 0 Å². The van der Waals surface area contributed by atoms with Crippen LogP contribution in [0.25, 0.3) is 0 Å². The van der Waals surface area contributed by atoms with Crippen molar-refractivity contribution < 1.29 is 4.52 Å². The summed E-state index contributed by atoms with van der Waals surface area (Å²) < 4.78 is 5.11. The Morgan fingerprint density at radius 3 is 2.90 bits per heavy atom. The van der Waals surface area contributed by atoms with E-state index in [-0.39, 0.29) is 0 Å². The number of hydrogen-bond donors (Lipinski definition) is 1. The van der Waals surface area contributed by atoms with Crippen LogP contribution in [-0.2, 0) is 19.5 Å². The smallest absolute Gasteiger partial charge is 0.246 e. The topological polar surface area (TPSA) is 66.5 Å². The molecule has 0 spiro atoms. The first kappa shape index (κ1) is 13.6. The third-order valence-corrected chi connectivity index (χ3v) is 3.61. The first-order chi connectivity index (χ1) is 10.3. The number of aromatic nitrogens is 2. The van der Waals surface area contributed by atoms with E-state index in [2.05, 4.69) is 49.6 Å². The van der Waals surface area contributed by atoms with E-state index in [9.17, 15) is 0 Å². The Bertz CT molecular complexity index is 649. The van der Waals surface area contributed by atoms with E-state index in [4.69, 9.17) is 4.52 Å². The number of hydrogen-bond acceptors (Lipinski definition) is 4. The van der Waals surface area contributed by atoms with Crippen molar-refractivity contribution in [3.63, 3.8) is 0 Å². The summed E-state index contributed by atoms with van der Waals surface area (Å²) in [5.74, 6) is 2.08. The monoisotopic (exact) mass is 285 g/mol. The molecule has 0 aliphatic carbocycles. The molecule has 110 valence electrons. The summed E-state index contributed by atoms with van der Waals surface area (Å²) in [6.07, 6.45) is 1.04. The fourth-order valence-corrected chi connectivity index (χ4v) is 2.58. The Labute approximate surface area is 123 Å². The quantitative estimate of drug-likeness (QED) is 0.669. The van der Waals surface area contributed by atoms with Crippen molar-refractivity contribution in [1.82, 2.24) is 20.4 Å². The van der Waals surface area contributed by atoms with Crippen molar-refractivity contribution in [2.75, 3.05) is 13.6 Å². The van der Waals surface area contributed by atoms with Crippen molar-refractivity contribution in [3.8, 4) is 0 Å². The number of aryl methyl sites for hydroxylation is 1. The Hall–Kier alpha value is -2.37. The maximum Gasteiger partial charge on any atom is 0.246 e. The van der Waals surface area contributed by atoms with Crippen LogP contribution >= 0.6 is 0 Å². The molecule has 1 N–H and O–H groups in total. The van der Waals surface area contributed by atoms with Crippen LogP contribution < -0.4 is 5.32 Å². The summed E-state index contributed by atoms with van der Waals surface area (Å²) in [7, 11) is 1.79. The second kappa shape index (κ2) is 5.95. The second-order valence-corrected chi connectivity index (χ2v) is 5.08. The Kier molecular flexibility index (Phi) is 3.85. The lowest BCUT2D eigenvalue weighted by Gasteiger charge is -2.31. The van der Waals surface area contributed by atoms with Gasteiger partial charge < -0.3 is 14.7 Å². The van der Waals surface area contributed by atoms with Crippen molar-refractivity contribution in [2.45, 2.75) is 26.4 Å². The summed E-state index contributed by atoms with van der Waals surface area (Å²) in [5.41, 5.74) is 2.79. The second-order valence-electron chi connectivity index (χ2n) is 5.08. The van der Waals surface area contributed by atoms with E-state index in [0.29, 0.717) is 18.3 Å². The number of benzene rings is 1. The molecule has 1 aromatic carbocycles. The number of aliphatic imine (C=N–C) groups is 1. The molecule has 3 rings (SSSR count). The van der Waals surface area contributed by atoms with Gasteiger partial charge >= 0.3 is 0 Å². The molecule has 0 atom stereocenters. The molecule has 6 heteroatoms. The van der Waals surface area contributed by atoms with Gasteiger partial charge in [0.05, 0.1) is 6.54 Å². The largest absolute Gasteiger partial charge is 0.347 e. The van der Waals surface area contributed by atoms with Crippen molar-refractivity contribution in [2.24, 2.45) is 4.99 Å². The minimum atomic E-state index is 0.492. The van der Waals surface area contributed by atoms with Gasteiger partial charge in [-0.2, -0.15) is 4.98 Å². The third kappa shape index (κ3) is 3.04. The molecule has 0 radical (unpaired) electrons. The van der Waals surface area contributed by atoms with Gasteiger partial charge in [0.25, 0.3) is 0 Å². The van der Waals surface area contributed by atoms with E-state index in [1.807, 2.05) is 6.92 Å². The highest BCUT2D eigenvalue weighted by Gasteiger charge is 2.18. The van der Waals surface area contributed by atoms with Crippen LogP contribution in [0.5, 0.6) is 0 Å². The predicted molar refractivity (Wildman–Crippen MR) is 79.8 cm³/mol. The molecule has 0 unspecified atom stereocenters. The maximum absolute atomic E-state index is 5.11. The van der Waals surface area contributed by atoms with Gasteiger partial charge in [-0.25, -0.2) is 0 Å². The van der Waals surface area contributed by atoms with Crippen molar-refractivity contribution in [1.29, 1.82) is 0 Å². The lowest BCUT2D eigenvalue weighted by molar-refractivity contribution is 0.355. The maximum atomic E-state index is 5.11. The van der Waals surface area contributed by atoms with E-state index in [1.54, 1.807) is 7.05 Å². The molecule has 1 aromatic heterocycles. The number of nitrogens with one attached hydrogen (secondary N) is 1. The van der Waals surface area contributed by atoms with Crippen LogP contribution in [0.3, 0.4) is 0 Å². The van der Waals surface area contributed by atoms with Crippen LogP contribution in [-0.4, -0.2) is 34.6 Å². The van der Waals surface area contributed by atoms with Gasteiger partial charge in [-0.05, 0) is 24.5 Å². The van der Waals surface area contributed by atoms with E-state index >= 15 is 0 Å². The van der Waals surface area contributed by atoms with Gasteiger partial charge in [-0.1, -0.05) is 29.4 Å². The number of rotatable bonds is 2. The third-order valence-electron chi connectivity index (χ3n) is 3.61. The lowest BCUT2D eigenvalue weighted by atomic mass is 10.0. The molecule has 21 heavy (non-hydrogen) atoms. The molecule has 2 heterocycles. The van der Waals surface area contributed by atoms with E-state index < -0.39 is 0 Å². The Morgan fingerprint density at radius 2 is 2.19 bits per heavy atom. The lowest BCUT2D eigenvalue weighted by Crippen LogP contribution is -2.43. The van der Waals surface area contributed by atoms with Gasteiger partial charge in [0.2, 0.25) is 5.89 Å². The molecule has 1 aliphatic heterocycles. The highest BCUT2D eigenvalue weighted by molar-refractivity contribution is 5.80. The van der Waals surface area contributed by atoms with Crippen molar-refractivity contribution >= 4 is 5.96 Å².